The van der Waals surface area contributed by atoms with Gasteiger partial charge in [0.05, 0.1) is 11.0 Å². The van der Waals surface area contributed by atoms with Gasteiger partial charge >= 0.3 is 5.69 Å². The fraction of sp³-hybridized carbons (Fsp3) is 0.111. The van der Waals surface area contributed by atoms with Crippen molar-refractivity contribution in [2.24, 2.45) is 0 Å². The Bertz CT molecular complexity index is 967. The summed E-state index contributed by atoms with van der Waals surface area (Å²) in [7, 11) is 0. The van der Waals surface area contributed by atoms with E-state index in [0.717, 1.165) is 6.20 Å². The van der Waals surface area contributed by atoms with E-state index in [0.29, 0.717) is 16.3 Å². The van der Waals surface area contributed by atoms with E-state index in [1.54, 1.807) is 36.4 Å². The number of rotatable bonds is 7. The van der Waals surface area contributed by atoms with Gasteiger partial charge in [0.25, 0.3) is 0 Å². The van der Waals surface area contributed by atoms with Gasteiger partial charge in [0.15, 0.2) is 0 Å². The van der Waals surface area contributed by atoms with Gasteiger partial charge in [-0.25, -0.2) is 4.98 Å². The van der Waals surface area contributed by atoms with Gasteiger partial charge < -0.3 is 20.8 Å². The lowest BCUT2D eigenvalue weighted by molar-refractivity contribution is -0.384. The standard InChI is InChI=1S/C18H16ClN5O4/c19-12-3-5-13(6-4-12)22-18-21-9-15(24(27)28)17(23-18)20-10-16(26)11-1-7-14(25)8-2-11/h1-9,16,25-26H,10H2,(H2,20,21,22,23). The molecule has 4 N–H and O–H groups in total. The molecule has 2 aromatic carbocycles. The maximum Gasteiger partial charge on any atom is 0.329 e. The number of aromatic nitrogens is 2. The number of nitrogens with one attached hydrogen (secondary N) is 2. The van der Waals surface area contributed by atoms with Gasteiger partial charge in [-0.3, -0.25) is 10.1 Å². The van der Waals surface area contributed by atoms with Crippen LogP contribution in [0.25, 0.3) is 0 Å². The maximum absolute atomic E-state index is 11.2. The van der Waals surface area contributed by atoms with E-state index < -0.39 is 11.0 Å². The summed E-state index contributed by atoms with van der Waals surface area (Å²) in [4.78, 5) is 18.7. The zero-order chi connectivity index (χ0) is 20.1. The largest absolute Gasteiger partial charge is 0.508 e. The number of phenols is 1. The summed E-state index contributed by atoms with van der Waals surface area (Å²) >= 11 is 5.84. The minimum absolute atomic E-state index is 0.0248. The molecule has 10 heteroatoms. The topological polar surface area (TPSA) is 133 Å². The maximum atomic E-state index is 11.2. The summed E-state index contributed by atoms with van der Waals surface area (Å²) in [6.07, 6.45) is 0.128. The number of halogens is 1. The van der Waals surface area contributed by atoms with Crippen LogP contribution in [-0.2, 0) is 0 Å². The minimum Gasteiger partial charge on any atom is -0.508 e. The second-order valence-corrected chi connectivity index (χ2v) is 6.24. The summed E-state index contributed by atoms with van der Waals surface area (Å²) in [5, 5.41) is 37.1. The highest BCUT2D eigenvalue weighted by Gasteiger charge is 2.19. The molecule has 0 aliphatic carbocycles. The molecule has 0 saturated carbocycles. The number of anilines is 3. The highest BCUT2D eigenvalue weighted by Crippen LogP contribution is 2.25. The molecular weight excluding hydrogens is 386 g/mol. The van der Waals surface area contributed by atoms with Gasteiger partial charge in [-0.05, 0) is 42.0 Å². The molecule has 0 radical (unpaired) electrons. The first-order valence-corrected chi connectivity index (χ1v) is 8.55. The van der Waals surface area contributed by atoms with Gasteiger partial charge in [-0.1, -0.05) is 23.7 Å². The van der Waals surface area contributed by atoms with E-state index in [9.17, 15) is 20.3 Å². The van der Waals surface area contributed by atoms with Crippen molar-refractivity contribution in [1.82, 2.24) is 9.97 Å². The van der Waals surface area contributed by atoms with Crippen LogP contribution < -0.4 is 10.6 Å². The van der Waals surface area contributed by atoms with E-state index >= 15 is 0 Å². The van der Waals surface area contributed by atoms with E-state index in [1.807, 2.05) is 0 Å². The molecule has 1 aromatic heterocycles. The van der Waals surface area contributed by atoms with Crippen molar-refractivity contribution < 1.29 is 15.1 Å². The molecule has 0 bridgehead atoms. The molecule has 0 fully saturated rings. The van der Waals surface area contributed by atoms with Crippen LogP contribution in [0.1, 0.15) is 11.7 Å². The Morgan fingerprint density at radius 1 is 1.14 bits per heavy atom. The number of hydrogen-bond donors (Lipinski definition) is 4. The highest BCUT2D eigenvalue weighted by molar-refractivity contribution is 6.30. The third-order valence-corrected chi connectivity index (χ3v) is 4.06. The van der Waals surface area contributed by atoms with Gasteiger partial charge in [0.2, 0.25) is 11.8 Å². The first-order chi connectivity index (χ1) is 13.4. The van der Waals surface area contributed by atoms with Crippen LogP contribution in [0.15, 0.2) is 54.7 Å². The first kappa shape index (κ1) is 19.3. The molecule has 9 nitrogen and oxygen atoms in total. The lowest BCUT2D eigenvalue weighted by Gasteiger charge is -2.13. The van der Waals surface area contributed by atoms with Crippen molar-refractivity contribution in [2.45, 2.75) is 6.10 Å². The van der Waals surface area contributed by atoms with Crippen LogP contribution in [0.5, 0.6) is 5.75 Å². The van der Waals surface area contributed by atoms with Gasteiger partial charge in [0, 0.05) is 17.3 Å². The fourth-order valence-electron chi connectivity index (χ4n) is 2.37. The summed E-state index contributed by atoms with van der Waals surface area (Å²) < 4.78 is 0. The Hall–Kier alpha value is -3.43. The number of aromatic hydroxyl groups is 1. The Morgan fingerprint density at radius 2 is 1.82 bits per heavy atom. The van der Waals surface area contributed by atoms with Gasteiger partial charge in [-0.15, -0.1) is 0 Å². The van der Waals surface area contributed by atoms with Crippen molar-refractivity contribution in [3.63, 3.8) is 0 Å². The van der Waals surface area contributed by atoms with E-state index in [4.69, 9.17) is 11.6 Å². The van der Waals surface area contributed by atoms with E-state index in [1.165, 1.54) is 12.1 Å². The quantitative estimate of drug-likeness (QED) is 0.348. The smallest absolute Gasteiger partial charge is 0.329 e. The number of nitrogens with zero attached hydrogens (tertiary/aromatic N) is 3. The molecular formula is C18H16ClN5O4. The van der Waals surface area contributed by atoms with Crippen LogP contribution in [0.3, 0.4) is 0 Å². The average Bonchev–Trinajstić information content (AvgIpc) is 2.68. The molecule has 0 aliphatic heterocycles. The van der Waals surface area contributed by atoms with E-state index in [2.05, 4.69) is 20.6 Å². The molecule has 3 aromatic rings. The van der Waals surface area contributed by atoms with Crippen molar-refractivity contribution in [2.75, 3.05) is 17.2 Å². The van der Waals surface area contributed by atoms with Crippen LogP contribution in [0.2, 0.25) is 5.02 Å². The Morgan fingerprint density at radius 3 is 2.46 bits per heavy atom. The number of hydrogen-bond acceptors (Lipinski definition) is 8. The molecule has 1 atom stereocenters. The molecule has 1 heterocycles. The molecule has 0 saturated heterocycles. The summed E-state index contributed by atoms with van der Waals surface area (Å²) in [6.45, 7) is -0.0248. The molecule has 0 amide bonds. The third-order valence-electron chi connectivity index (χ3n) is 3.81. The zero-order valence-corrected chi connectivity index (χ0v) is 15.2. The Balaban J connectivity index is 1.76. The lowest BCUT2D eigenvalue weighted by Crippen LogP contribution is -2.15. The average molecular weight is 402 g/mol. The van der Waals surface area contributed by atoms with E-state index in [-0.39, 0.29) is 29.7 Å². The number of aliphatic hydroxyl groups is 1. The number of aliphatic hydroxyl groups excluding tert-OH is 1. The summed E-state index contributed by atoms with van der Waals surface area (Å²) in [5.74, 6) is 0.192. The van der Waals surface area contributed by atoms with Crippen molar-refractivity contribution in [3.05, 3.63) is 75.4 Å². The van der Waals surface area contributed by atoms with Crippen molar-refractivity contribution in [3.8, 4) is 5.75 Å². The number of benzene rings is 2. The Labute approximate surface area is 164 Å². The van der Waals surface area contributed by atoms with Gasteiger partial charge in [0.1, 0.15) is 11.9 Å². The Kier molecular flexibility index (Phi) is 5.87. The third kappa shape index (κ3) is 4.84. The number of nitro groups is 1. The lowest BCUT2D eigenvalue weighted by atomic mass is 10.1. The summed E-state index contributed by atoms with van der Waals surface area (Å²) in [6, 6.07) is 12.8. The van der Waals surface area contributed by atoms with Crippen LogP contribution >= 0.6 is 11.6 Å². The minimum atomic E-state index is -0.956. The summed E-state index contributed by atoms with van der Waals surface area (Å²) in [5.41, 5.74) is 0.884. The van der Waals surface area contributed by atoms with Crippen molar-refractivity contribution in [1.29, 1.82) is 0 Å². The van der Waals surface area contributed by atoms with Crippen LogP contribution in [-0.4, -0.2) is 31.6 Å². The normalized spacial score (nSPS) is 11.6. The number of phenolic OH excluding ortho intramolecular Hbond substituents is 1. The molecule has 0 aliphatic rings. The fourth-order valence-corrected chi connectivity index (χ4v) is 2.50. The zero-order valence-electron chi connectivity index (χ0n) is 14.4. The monoisotopic (exact) mass is 401 g/mol. The second kappa shape index (κ2) is 8.51. The molecule has 1 unspecified atom stereocenters. The predicted molar refractivity (Wildman–Crippen MR) is 105 cm³/mol. The van der Waals surface area contributed by atoms with Crippen LogP contribution in [0.4, 0.5) is 23.1 Å². The second-order valence-electron chi connectivity index (χ2n) is 5.80. The molecule has 0 spiro atoms. The van der Waals surface area contributed by atoms with Gasteiger partial charge in [-0.2, -0.15) is 4.98 Å². The predicted octanol–water partition coefficient (Wildman–Crippen LogP) is 3.63. The first-order valence-electron chi connectivity index (χ1n) is 8.17. The molecule has 28 heavy (non-hydrogen) atoms. The van der Waals surface area contributed by atoms with Crippen LogP contribution in [0, 0.1) is 10.1 Å². The molecule has 3 rings (SSSR count). The van der Waals surface area contributed by atoms with Crippen molar-refractivity contribution >= 4 is 34.7 Å². The SMILES string of the molecule is O=[N+]([O-])c1cnc(Nc2ccc(Cl)cc2)nc1NCC(O)c1ccc(O)cc1. The molecule has 144 valence electrons. The highest BCUT2D eigenvalue weighted by atomic mass is 35.5.